The van der Waals surface area contributed by atoms with Gasteiger partial charge in [0, 0.05) is 10.9 Å². The Balaban J connectivity index is 2.69. The van der Waals surface area contributed by atoms with E-state index in [-0.39, 0.29) is 16.5 Å². The first-order chi connectivity index (χ1) is 12.4. The van der Waals surface area contributed by atoms with Crippen LogP contribution < -0.4 is 0 Å². The van der Waals surface area contributed by atoms with Crippen molar-refractivity contribution in [3.05, 3.63) is 41.9 Å². The average molecular weight is 400 g/mol. The molecular formula is C16H11F7O4. The molecule has 4 nitrogen and oxygen atoms in total. The van der Waals surface area contributed by atoms with Crippen LogP contribution in [0, 0.1) is 0 Å². The maximum absolute atomic E-state index is 13.9. The van der Waals surface area contributed by atoms with Crippen LogP contribution in [-0.4, -0.2) is 32.3 Å². The van der Waals surface area contributed by atoms with Crippen LogP contribution >= 0.6 is 0 Å². The Morgan fingerprint density at radius 3 is 2.22 bits per heavy atom. The standard InChI is InChI=1S/C16H11F7O4/c1-25-7-10(13(24)26-2)9-5-3-4-8-6-11(27-12(8)9)14(17,18)15(19,20)16(21,22)23/h3-7H,1-2H3/b10-7+. The van der Waals surface area contributed by atoms with E-state index in [0.29, 0.717) is 6.07 Å². The van der Waals surface area contributed by atoms with Crippen LogP contribution in [-0.2, 0) is 20.2 Å². The summed E-state index contributed by atoms with van der Waals surface area (Å²) in [6.45, 7) is 0. The predicted molar refractivity (Wildman–Crippen MR) is 78.1 cm³/mol. The van der Waals surface area contributed by atoms with Gasteiger partial charge in [-0.1, -0.05) is 18.2 Å². The molecule has 1 heterocycles. The second kappa shape index (κ2) is 6.78. The van der Waals surface area contributed by atoms with Crippen LogP contribution in [0.5, 0.6) is 0 Å². The number of rotatable bonds is 5. The van der Waals surface area contributed by atoms with Crippen LogP contribution in [0.3, 0.4) is 0 Å². The van der Waals surface area contributed by atoms with Crippen LogP contribution in [0.2, 0.25) is 0 Å². The fourth-order valence-corrected chi connectivity index (χ4v) is 2.21. The van der Waals surface area contributed by atoms with Gasteiger partial charge in [0.2, 0.25) is 0 Å². The highest BCUT2D eigenvalue weighted by Gasteiger charge is 2.75. The summed E-state index contributed by atoms with van der Waals surface area (Å²) in [5, 5.41) is -0.231. The van der Waals surface area contributed by atoms with Crippen molar-refractivity contribution < 1.29 is 49.4 Å². The summed E-state index contributed by atoms with van der Waals surface area (Å²) in [7, 11) is 2.17. The Morgan fingerprint density at radius 2 is 1.70 bits per heavy atom. The van der Waals surface area contributed by atoms with E-state index in [9.17, 15) is 35.5 Å². The van der Waals surface area contributed by atoms with E-state index in [4.69, 9.17) is 0 Å². The Bertz CT molecular complexity index is 881. The molecule has 148 valence electrons. The van der Waals surface area contributed by atoms with Crippen LogP contribution in [0.1, 0.15) is 11.3 Å². The monoisotopic (exact) mass is 400 g/mol. The van der Waals surface area contributed by atoms with Gasteiger partial charge in [0.25, 0.3) is 0 Å². The van der Waals surface area contributed by atoms with Crippen molar-refractivity contribution in [3.63, 3.8) is 0 Å². The van der Waals surface area contributed by atoms with Gasteiger partial charge in [-0.3, -0.25) is 0 Å². The Morgan fingerprint density at radius 1 is 1.07 bits per heavy atom. The summed E-state index contributed by atoms with van der Waals surface area (Å²) in [5.74, 6) is -14.9. The van der Waals surface area contributed by atoms with Crippen molar-refractivity contribution in [2.45, 2.75) is 18.0 Å². The molecule has 0 saturated heterocycles. The largest absolute Gasteiger partial charge is 0.503 e. The lowest BCUT2D eigenvalue weighted by atomic mass is 10.0. The third-order valence-corrected chi connectivity index (χ3v) is 3.54. The Kier molecular flexibility index (Phi) is 5.17. The van der Waals surface area contributed by atoms with Crippen LogP contribution in [0.4, 0.5) is 30.7 Å². The molecule has 0 fully saturated rings. The molecule has 2 aromatic rings. The molecule has 0 radical (unpaired) electrons. The molecule has 0 bridgehead atoms. The molecule has 0 amide bonds. The summed E-state index contributed by atoms with van der Waals surface area (Å²) in [5.41, 5.74) is -1.03. The minimum Gasteiger partial charge on any atom is -0.503 e. The topological polar surface area (TPSA) is 48.7 Å². The molecule has 27 heavy (non-hydrogen) atoms. The number of halogens is 7. The highest BCUT2D eigenvalue weighted by Crippen LogP contribution is 2.52. The summed E-state index contributed by atoms with van der Waals surface area (Å²) in [6, 6.07) is 3.93. The number of esters is 1. The van der Waals surface area contributed by atoms with Gasteiger partial charge in [-0.25, -0.2) is 4.79 Å². The lowest BCUT2D eigenvalue weighted by Crippen LogP contribution is -2.49. The second-order valence-corrected chi connectivity index (χ2v) is 5.24. The number of methoxy groups -OCH3 is 2. The summed E-state index contributed by atoms with van der Waals surface area (Å²) in [4.78, 5) is 11.8. The van der Waals surface area contributed by atoms with Crippen molar-refractivity contribution in [1.29, 1.82) is 0 Å². The number of fused-ring (bicyclic) bond motifs is 1. The van der Waals surface area contributed by atoms with E-state index >= 15 is 0 Å². The lowest BCUT2D eigenvalue weighted by molar-refractivity contribution is -0.362. The SMILES string of the molecule is CO/C=C(/C(=O)OC)c1cccc2cc(C(F)(F)C(F)(F)C(F)(F)F)oc12. The number of hydrogen-bond donors (Lipinski definition) is 0. The smallest absolute Gasteiger partial charge is 0.460 e. The molecule has 0 aliphatic carbocycles. The molecule has 0 spiro atoms. The molecule has 11 heteroatoms. The molecule has 0 saturated carbocycles. The van der Waals surface area contributed by atoms with Gasteiger partial charge in [0.15, 0.2) is 5.76 Å². The normalized spacial score (nSPS) is 13.7. The molecule has 0 aliphatic rings. The first kappa shape index (κ1) is 20.6. The highest BCUT2D eigenvalue weighted by atomic mass is 19.4. The van der Waals surface area contributed by atoms with Crippen molar-refractivity contribution in [3.8, 4) is 0 Å². The maximum atomic E-state index is 13.9. The molecule has 1 aromatic heterocycles. The molecule has 1 aromatic carbocycles. The number of carbonyl (C=O) groups excluding carboxylic acids is 1. The van der Waals surface area contributed by atoms with Crippen LogP contribution in [0.15, 0.2) is 34.9 Å². The number of hydrogen-bond acceptors (Lipinski definition) is 4. The van der Waals surface area contributed by atoms with Gasteiger partial charge in [0.05, 0.1) is 20.5 Å². The van der Waals surface area contributed by atoms with Crippen molar-refractivity contribution in [2.75, 3.05) is 14.2 Å². The minimum atomic E-state index is -6.51. The fourth-order valence-electron chi connectivity index (χ4n) is 2.21. The van der Waals surface area contributed by atoms with Gasteiger partial charge >= 0.3 is 24.0 Å². The summed E-state index contributed by atoms with van der Waals surface area (Å²) >= 11 is 0. The molecule has 0 aliphatic heterocycles. The number of benzene rings is 1. The van der Waals surface area contributed by atoms with Gasteiger partial charge in [-0.2, -0.15) is 30.7 Å². The van der Waals surface area contributed by atoms with Gasteiger partial charge in [-0.05, 0) is 6.07 Å². The predicted octanol–water partition coefficient (Wildman–Crippen LogP) is 4.88. The number of ether oxygens (including phenoxy) is 2. The van der Waals surface area contributed by atoms with E-state index in [0.717, 1.165) is 26.5 Å². The van der Waals surface area contributed by atoms with Crippen molar-refractivity contribution in [2.24, 2.45) is 0 Å². The first-order valence-corrected chi connectivity index (χ1v) is 7.05. The van der Waals surface area contributed by atoms with Crippen LogP contribution in [0.25, 0.3) is 16.5 Å². The molecule has 0 atom stereocenters. The number of furan rings is 1. The van der Waals surface area contributed by atoms with E-state index in [1.54, 1.807) is 0 Å². The van der Waals surface area contributed by atoms with Gasteiger partial charge < -0.3 is 13.9 Å². The Hall–Kier alpha value is -2.72. The molecule has 2 rings (SSSR count). The quantitative estimate of drug-likeness (QED) is 0.311. The third-order valence-electron chi connectivity index (χ3n) is 3.54. The summed E-state index contributed by atoms with van der Waals surface area (Å²) < 4.78 is 105. The number of alkyl halides is 7. The zero-order valence-electron chi connectivity index (χ0n) is 13.7. The maximum Gasteiger partial charge on any atom is 0.460 e. The molecule has 0 N–H and O–H groups in total. The molecular weight excluding hydrogens is 389 g/mol. The minimum absolute atomic E-state index is 0.196. The van der Waals surface area contributed by atoms with Gasteiger partial charge in [0.1, 0.15) is 11.2 Å². The second-order valence-electron chi connectivity index (χ2n) is 5.24. The summed E-state index contributed by atoms with van der Waals surface area (Å²) in [6.07, 6.45) is -5.63. The van der Waals surface area contributed by atoms with E-state index in [2.05, 4.69) is 13.9 Å². The number of carbonyl (C=O) groups is 1. The highest BCUT2D eigenvalue weighted by molar-refractivity contribution is 6.19. The van der Waals surface area contributed by atoms with E-state index < -0.39 is 35.3 Å². The fraction of sp³-hybridized carbons (Fsp3) is 0.312. The zero-order valence-corrected chi connectivity index (χ0v) is 13.7. The van der Waals surface area contributed by atoms with E-state index in [1.807, 2.05) is 0 Å². The third kappa shape index (κ3) is 3.33. The number of para-hydroxylation sites is 1. The van der Waals surface area contributed by atoms with E-state index in [1.165, 1.54) is 12.1 Å². The van der Waals surface area contributed by atoms with Crippen molar-refractivity contribution in [1.82, 2.24) is 0 Å². The van der Waals surface area contributed by atoms with Crippen molar-refractivity contribution >= 4 is 22.5 Å². The Labute approximate surface area is 147 Å². The zero-order chi connectivity index (χ0) is 20.6. The average Bonchev–Trinajstić information content (AvgIpc) is 3.03. The lowest BCUT2D eigenvalue weighted by Gasteiger charge is -2.26. The first-order valence-electron chi connectivity index (χ1n) is 7.05. The van der Waals surface area contributed by atoms with Gasteiger partial charge in [-0.15, -0.1) is 0 Å². The molecule has 0 unspecified atom stereocenters.